The number of rotatable bonds is 0. The van der Waals surface area contributed by atoms with Gasteiger partial charge in [0.2, 0.25) is 0 Å². The van der Waals surface area contributed by atoms with Crippen molar-refractivity contribution in [2.45, 2.75) is 6.92 Å². The first kappa shape index (κ1) is 8.02. The maximum atomic E-state index is 8.78. The van der Waals surface area contributed by atoms with Gasteiger partial charge < -0.3 is 10.4 Å². The molecular formula is C10H11N3. The van der Waals surface area contributed by atoms with Crippen molar-refractivity contribution in [2.75, 3.05) is 18.5 Å². The zero-order valence-corrected chi connectivity index (χ0v) is 7.78. The van der Waals surface area contributed by atoms with Crippen molar-refractivity contribution in [3.8, 4) is 0 Å². The van der Waals surface area contributed by atoms with E-state index in [0.29, 0.717) is 6.54 Å². The number of anilines is 1. The minimum absolute atomic E-state index is 0.691. The summed E-state index contributed by atoms with van der Waals surface area (Å²) in [6.45, 7) is 2.76. The maximum absolute atomic E-state index is 8.78. The number of aryl methyl sites for hydroxylation is 1. The van der Waals surface area contributed by atoms with Crippen LogP contribution in [0, 0.1) is 6.92 Å². The molecule has 0 saturated heterocycles. The van der Waals surface area contributed by atoms with Crippen LogP contribution in [0.2, 0.25) is 0 Å². The van der Waals surface area contributed by atoms with Crippen molar-refractivity contribution in [1.82, 2.24) is 0 Å². The van der Waals surface area contributed by atoms with Gasteiger partial charge in [-0.3, -0.25) is 0 Å². The third-order valence-electron chi connectivity index (χ3n) is 2.44. The van der Waals surface area contributed by atoms with Gasteiger partial charge in [-0.15, -0.1) is 0 Å². The van der Waals surface area contributed by atoms with Crippen molar-refractivity contribution < 1.29 is 4.79 Å². The van der Waals surface area contributed by atoms with Crippen LogP contribution in [0.25, 0.3) is 5.53 Å². The molecule has 1 heterocycles. The van der Waals surface area contributed by atoms with Gasteiger partial charge in [-0.1, -0.05) is 12.1 Å². The zero-order valence-electron chi connectivity index (χ0n) is 7.78. The monoisotopic (exact) mass is 173 g/mol. The number of fused-ring (bicyclic) bond motifs is 1. The Morgan fingerprint density at radius 1 is 1.46 bits per heavy atom. The van der Waals surface area contributed by atoms with Crippen molar-refractivity contribution in [3.63, 3.8) is 0 Å². The molecule has 0 spiro atoms. The smallest absolute Gasteiger partial charge is 0.320 e. The molecule has 0 radical (unpaired) electrons. The Balaban J connectivity index is 2.71. The summed E-state index contributed by atoms with van der Waals surface area (Å²) in [4.78, 5) is 5.39. The van der Waals surface area contributed by atoms with Crippen LogP contribution in [-0.2, 0) is 0 Å². The summed E-state index contributed by atoms with van der Waals surface area (Å²) in [5.74, 6) is 0. The Morgan fingerprint density at radius 2 is 2.23 bits per heavy atom. The third-order valence-corrected chi connectivity index (χ3v) is 2.44. The van der Waals surface area contributed by atoms with Crippen LogP contribution in [-0.4, -0.2) is 24.1 Å². The van der Waals surface area contributed by atoms with Crippen LogP contribution >= 0.6 is 0 Å². The minimum Gasteiger partial charge on any atom is -0.362 e. The Bertz CT molecular complexity index is 403. The summed E-state index contributed by atoms with van der Waals surface area (Å²) in [5, 5.41) is 0. The average molecular weight is 173 g/mol. The molecule has 0 unspecified atom stereocenters. The summed E-state index contributed by atoms with van der Waals surface area (Å²) in [5.41, 5.74) is 13.0. The second-order valence-corrected chi connectivity index (χ2v) is 3.37. The van der Waals surface area contributed by atoms with E-state index >= 15 is 0 Å². The molecular weight excluding hydrogens is 162 g/mol. The fraction of sp³-hybridized carbons (Fsp3) is 0.300. The zero-order chi connectivity index (χ0) is 9.42. The topological polar surface area (TPSA) is 39.6 Å². The number of hydrogen-bond donors (Lipinski definition) is 0. The lowest BCUT2D eigenvalue weighted by molar-refractivity contribution is -0.00479. The highest BCUT2D eigenvalue weighted by Gasteiger charge is 2.29. The molecule has 13 heavy (non-hydrogen) atoms. The highest BCUT2D eigenvalue weighted by molar-refractivity contribution is 6.09. The lowest BCUT2D eigenvalue weighted by atomic mass is 10.1. The van der Waals surface area contributed by atoms with Crippen molar-refractivity contribution in [2.24, 2.45) is 0 Å². The number of para-hydroxylation sites is 1. The van der Waals surface area contributed by atoms with E-state index in [9.17, 15) is 0 Å². The molecule has 0 atom stereocenters. The lowest BCUT2D eigenvalue weighted by Crippen LogP contribution is -2.17. The van der Waals surface area contributed by atoms with Crippen LogP contribution in [0.15, 0.2) is 18.2 Å². The highest BCUT2D eigenvalue weighted by atomic mass is 15.1. The van der Waals surface area contributed by atoms with E-state index in [1.165, 1.54) is 11.3 Å². The molecule has 1 aromatic carbocycles. The molecule has 0 aromatic heterocycles. The van der Waals surface area contributed by atoms with E-state index in [-0.39, 0.29) is 0 Å². The van der Waals surface area contributed by atoms with Crippen LogP contribution in [0.3, 0.4) is 0 Å². The molecule has 3 nitrogen and oxygen atoms in total. The van der Waals surface area contributed by atoms with Gasteiger partial charge >= 0.3 is 5.71 Å². The van der Waals surface area contributed by atoms with E-state index in [4.69, 9.17) is 5.53 Å². The van der Waals surface area contributed by atoms with Gasteiger partial charge in [-0.25, -0.2) is 0 Å². The van der Waals surface area contributed by atoms with Crippen molar-refractivity contribution >= 4 is 11.4 Å². The SMILES string of the molecule is Cc1cccc2c1N(C)CC2=[N+]=[N-]. The third kappa shape index (κ3) is 1.05. The van der Waals surface area contributed by atoms with E-state index in [1.54, 1.807) is 0 Å². The van der Waals surface area contributed by atoms with Gasteiger partial charge in [-0.05, 0) is 18.6 Å². The van der Waals surface area contributed by atoms with E-state index in [2.05, 4.69) is 22.7 Å². The number of nitrogens with zero attached hydrogens (tertiary/aromatic N) is 3. The molecule has 2 rings (SSSR count). The number of benzene rings is 1. The van der Waals surface area contributed by atoms with Gasteiger partial charge in [0.1, 0.15) is 6.54 Å². The van der Waals surface area contributed by atoms with Gasteiger partial charge in [0.25, 0.3) is 0 Å². The molecule has 66 valence electrons. The summed E-state index contributed by atoms with van der Waals surface area (Å²) in [6, 6.07) is 6.04. The predicted molar refractivity (Wildman–Crippen MR) is 52.2 cm³/mol. The molecule has 1 aliphatic heterocycles. The molecule has 0 N–H and O–H groups in total. The number of hydrogen-bond acceptors (Lipinski definition) is 1. The minimum atomic E-state index is 0.691. The van der Waals surface area contributed by atoms with Gasteiger partial charge in [0, 0.05) is 7.05 Å². The summed E-state index contributed by atoms with van der Waals surface area (Å²) >= 11 is 0. The molecule has 0 fully saturated rings. The summed E-state index contributed by atoms with van der Waals surface area (Å²) in [6.07, 6.45) is 0. The molecule has 0 amide bonds. The van der Waals surface area contributed by atoms with Crippen molar-refractivity contribution in [1.29, 1.82) is 0 Å². The normalized spacial score (nSPS) is 14.3. The first-order chi connectivity index (χ1) is 6.24. The van der Waals surface area contributed by atoms with Gasteiger partial charge in [-0.2, -0.15) is 4.79 Å². The molecule has 0 aliphatic carbocycles. The largest absolute Gasteiger partial charge is 0.362 e. The van der Waals surface area contributed by atoms with Crippen LogP contribution in [0.5, 0.6) is 0 Å². The molecule has 1 aromatic rings. The average Bonchev–Trinajstić information content (AvgIpc) is 2.44. The second-order valence-electron chi connectivity index (χ2n) is 3.37. The summed E-state index contributed by atoms with van der Waals surface area (Å²) in [7, 11) is 2.00. The fourth-order valence-electron chi connectivity index (χ4n) is 1.87. The van der Waals surface area contributed by atoms with Crippen molar-refractivity contribution in [3.05, 3.63) is 34.9 Å². The maximum Gasteiger partial charge on any atom is 0.320 e. The Hall–Kier alpha value is -1.60. The van der Waals surface area contributed by atoms with Gasteiger partial charge in [0.05, 0.1) is 11.3 Å². The van der Waals surface area contributed by atoms with E-state index < -0.39 is 0 Å². The van der Waals surface area contributed by atoms with E-state index in [0.717, 1.165) is 11.3 Å². The molecule has 1 aliphatic rings. The number of likely N-dealkylation sites (N-methyl/N-ethyl adjacent to an activating group) is 1. The second kappa shape index (κ2) is 2.71. The fourth-order valence-corrected chi connectivity index (χ4v) is 1.87. The molecule has 3 heteroatoms. The molecule has 0 saturated carbocycles. The Morgan fingerprint density at radius 3 is 2.92 bits per heavy atom. The summed E-state index contributed by atoms with van der Waals surface area (Å²) < 4.78 is 0. The lowest BCUT2D eigenvalue weighted by Gasteiger charge is -2.11. The first-order valence-corrected chi connectivity index (χ1v) is 4.26. The quantitative estimate of drug-likeness (QED) is 0.432. The van der Waals surface area contributed by atoms with Crippen LogP contribution in [0.1, 0.15) is 11.1 Å². The van der Waals surface area contributed by atoms with E-state index in [1.807, 2.05) is 19.2 Å². The highest BCUT2D eigenvalue weighted by Crippen LogP contribution is 2.29. The molecule has 0 bridgehead atoms. The Labute approximate surface area is 77.2 Å². The van der Waals surface area contributed by atoms with Gasteiger partial charge in [0.15, 0.2) is 0 Å². The standard InChI is InChI=1S/C10H11N3/c1-7-4-3-5-8-9(12-11)6-13(2)10(7)8/h3-5H,6H2,1-2H3. The Kier molecular flexibility index (Phi) is 1.67. The van der Waals surface area contributed by atoms with Crippen LogP contribution < -0.4 is 4.90 Å². The van der Waals surface area contributed by atoms with Crippen LogP contribution in [0.4, 0.5) is 5.69 Å². The first-order valence-electron chi connectivity index (χ1n) is 4.26. The predicted octanol–water partition coefficient (Wildman–Crippen LogP) is 1.46.